The summed E-state index contributed by atoms with van der Waals surface area (Å²) in [5, 5.41) is 7.72. The molecule has 1 nitrogen and oxygen atoms in total. The predicted molar refractivity (Wildman–Crippen MR) is 241 cm³/mol. The Morgan fingerprint density at radius 1 is 0.309 bits per heavy atom. The molecule has 11 aromatic rings. The predicted octanol–water partition coefficient (Wildman–Crippen LogP) is 16.0. The molecule has 0 fully saturated rings. The zero-order valence-corrected chi connectivity index (χ0v) is 31.4. The largest absolute Gasteiger partial charge is 0.309 e. The van der Waals surface area contributed by atoms with E-state index < -0.39 is 0 Å². The summed E-state index contributed by atoms with van der Waals surface area (Å²) in [5.74, 6) is 0. The number of anilines is 3. The van der Waals surface area contributed by atoms with Gasteiger partial charge in [0, 0.05) is 57.2 Å². The number of fused-ring (bicyclic) bond motifs is 7. The monoisotopic (exact) mass is 735 g/mol. The SMILES string of the molecule is c1cc(-c2ccc3c(c2)sc2ccccc23)cc(N(c2ccccc2-c2ccc3ccccc3c2)c2ccccc2-c2cccc3sc4ccccc4c23)c1. The Morgan fingerprint density at radius 3 is 1.76 bits per heavy atom. The molecule has 0 aliphatic heterocycles. The lowest BCUT2D eigenvalue weighted by atomic mass is 9.95. The Balaban J connectivity index is 1.15. The summed E-state index contributed by atoms with van der Waals surface area (Å²) in [6.45, 7) is 0. The van der Waals surface area contributed by atoms with Crippen molar-refractivity contribution in [3.8, 4) is 33.4 Å². The highest BCUT2D eigenvalue weighted by atomic mass is 32.1. The lowest BCUT2D eigenvalue weighted by Crippen LogP contribution is -2.12. The van der Waals surface area contributed by atoms with Crippen LogP contribution in [0.1, 0.15) is 0 Å². The summed E-state index contributed by atoms with van der Waals surface area (Å²) in [4.78, 5) is 2.48. The minimum Gasteiger partial charge on any atom is -0.309 e. The van der Waals surface area contributed by atoms with Crippen LogP contribution in [0.15, 0.2) is 200 Å². The van der Waals surface area contributed by atoms with E-state index in [1.807, 2.05) is 22.7 Å². The second kappa shape index (κ2) is 13.1. The molecule has 0 aliphatic carbocycles. The van der Waals surface area contributed by atoms with Crippen molar-refractivity contribution >= 4 is 90.9 Å². The molecule has 0 radical (unpaired) electrons. The lowest BCUT2D eigenvalue weighted by Gasteiger charge is -2.30. The maximum Gasteiger partial charge on any atom is 0.0540 e. The Kier molecular flexibility index (Phi) is 7.61. The van der Waals surface area contributed by atoms with Gasteiger partial charge in [-0.15, -0.1) is 22.7 Å². The molecule has 0 spiro atoms. The first-order valence-electron chi connectivity index (χ1n) is 18.7. The summed E-state index contributed by atoms with van der Waals surface area (Å²) in [6, 6.07) is 73.6. The van der Waals surface area contributed by atoms with Gasteiger partial charge in [0.15, 0.2) is 0 Å². The molecule has 2 heterocycles. The Hall–Kier alpha value is -6.52. The van der Waals surface area contributed by atoms with Crippen molar-refractivity contribution in [1.29, 1.82) is 0 Å². The maximum atomic E-state index is 2.48. The molecule has 9 aromatic carbocycles. The van der Waals surface area contributed by atoms with Crippen molar-refractivity contribution in [2.45, 2.75) is 0 Å². The van der Waals surface area contributed by atoms with Crippen LogP contribution >= 0.6 is 22.7 Å². The summed E-state index contributed by atoms with van der Waals surface area (Å²) in [7, 11) is 0. The molecule has 0 amide bonds. The summed E-state index contributed by atoms with van der Waals surface area (Å²) in [6.07, 6.45) is 0. The molecule has 11 rings (SSSR count). The van der Waals surface area contributed by atoms with E-state index >= 15 is 0 Å². The first kappa shape index (κ1) is 32.0. The smallest absolute Gasteiger partial charge is 0.0540 e. The van der Waals surface area contributed by atoms with Gasteiger partial charge in [-0.1, -0.05) is 146 Å². The standard InChI is InChI=1S/C52H33NS2/c1-2-14-35-31-38(28-27-34(35)13-1)40-17-3-7-22-46(40)53(39-16-11-15-36(32-39)37-29-30-43-42-19-5-9-24-48(42)55-51(43)33-37)47-23-8-4-18-41(47)44-21-12-26-50-52(44)45-20-6-10-25-49(45)54-50/h1-33H. The van der Waals surface area contributed by atoms with Crippen LogP contribution in [0.4, 0.5) is 17.1 Å². The topological polar surface area (TPSA) is 3.24 Å². The molecule has 3 heteroatoms. The summed E-state index contributed by atoms with van der Waals surface area (Å²) in [5.41, 5.74) is 10.6. The zero-order chi connectivity index (χ0) is 36.3. The third-order valence-electron chi connectivity index (χ3n) is 10.9. The van der Waals surface area contributed by atoms with Crippen LogP contribution in [-0.4, -0.2) is 0 Å². The van der Waals surface area contributed by atoms with E-state index in [4.69, 9.17) is 0 Å². The van der Waals surface area contributed by atoms with E-state index in [0.717, 1.165) is 17.1 Å². The highest BCUT2D eigenvalue weighted by Crippen LogP contribution is 2.48. The second-order valence-electron chi connectivity index (χ2n) is 14.1. The molecule has 0 unspecified atom stereocenters. The van der Waals surface area contributed by atoms with Crippen LogP contribution in [0.25, 0.3) is 84.5 Å². The van der Waals surface area contributed by atoms with Gasteiger partial charge in [-0.05, 0) is 87.6 Å². The van der Waals surface area contributed by atoms with E-state index in [2.05, 4.69) is 205 Å². The van der Waals surface area contributed by atoms with Crippen molar-refractivity contribution in [2.75, 3.05) is 4.90 Å². The highest BCUT2D eigenvalue weighted by Gasteiger charge is 2.22. The second-order valence-corrected chi connectivity index (χ2v) is 16.2. The molecule has 0 bridgehead atoms. The number of nitrogens with zero attached hydrogens (tertiary/aromatic N) is 1. The fourth-order valence-corrected chi connectivity index (χ4v) is 10.6. The summed E-state index contributed by atoms with van der Waals surface area (Å²) >= 11 is 3.73. The highest BCUT2D eigenvalue weighted by molar-refractivity contribution is 7.26. The van der Waals surface area contributed by atoms with Crippen molar-refractivity contribution in [1.82, 2.24) is 0 Å². The molecular formula is C52H33NS2. The van der Waals surface area contributed by atoms with Gasteiger partial charge in [0.1, 0.15) is 0 Å². The van der Waals surface area contributed by atoms with E-state index in [1.165, 1.54) is 84.5 Å². The van der Waals surface area contributed by atoms with Crippen molar-refractivity contribution in [2.24, 2.45) is 0 Å². The maximum absolute atomic E-state index is 2.48. The fraction of sp³-hybridized carbons (Fsp3) is 0. The third-order valence-corrected chi connectivity index (χ3v) is 13.1. The minimum atomic E-state index is 1.11. The molecule has 0 saturated carbocycles. The van der Waals surface area contributed by atoms with Gasteiger partial charge in [0.2, 0.25) is 0 Å². The minimum absolute atomic E-state index is 1.11. The zero-order valence-electron chi connectivity index (χ0n) is 29.8. The van der Waals surface area contributed by atoms with Crippen molar-refractivity contribution < 1.29 is 0 Å². The average molecular weight is 736 g/mol. The molecule has 2 aromatic heterocycles. The van der Waals surface area contributed by atoms with Gasteiger partial charge >= 0.3 is 0 Å². The van der Waals surface area contributed by atoms with Crippen LogP contribution < -0.4 is 4.90 Å². The van der Waals surface area contributed by atoms with Gasteiger partial charge in [-0.2, -0.15) is 0 Å². The Bertz CT molecular complexity index is 3240. The van der Waals surface area contributed by atoms with Crippen LogP contribution in [0.5, 0.6) is 0 Å². The number of para-hydroxylation sites is 2. The fourth-order valence-electron chi connectivity index (χ4n) is 8.30. The number of benzene rings is 9. The van der Waals surface area contributed by atoms with Gasteiger partial charge in [0.05, 0.1) is 11.4 Å². The van der Waals surface area contributed by atoms with Gasteiger partial charge in [0.25, 0.3) is 0 Å². The normalized spacial score (nSPS) is 11.6. The van der Waals surface area contributed by atoms with Gasteiger partial charge in [-0.25, -0.2) is 0 Å². The molecule has 258 valence electrons. The molecule has 0 saturated heterocycles. The Labute approximate surface area is 327 Å². The molecule has 0 N–H and O–H groups in total. The third kappa shape index (κ3) is 5.43. The Morgan fingerprint density at radius 2 is 0.891 bits per heavy atom. The van der Waals surface area contributed by atoms with Gasteiger partial charge < -0.3 is 4.90 Å². The van der Waals surface area contributed by atoms with E-state index in [0.29, 0.717) is 0 Å². The molecule has 0 aliphatic rings. The van der Waals surface area contributed by atoms with E-state index in [-0.39, 0.29) is 0 Å². The van der Waals surface area contributed by atoms with E-state index in [1.54, 1.807) is 0 Å². The van der Waals surface area contributed by atoms with Crippen molar-refractivity contribution in [3.05, 3.63) is 200 Å². The molecule has 55 heavy (non-hydrogen) atoms. The van der Waals surface area contributed by atoms with Crippen LogP contribution in [-0.2, 0) is 0 Å². The van der Waals surface area contributed by atoms with Gasteiger partial charge in [-0.3, -0.25) is 0 Å². The number of rotatable bonds is 6. The van der Waals surface area contributed by atoms with Crippen LogP contribution in [0, 0.1) is 0 Å². The van der Waals surface area contributed by atoms with Crippen LogP contribution in [0.3, 0.4) is 0 Å². The lowest BCUT2D eigenvalue weighted by molar-refractivity contribution is 1.28. The molecule has 0 atom stereocenters. The number of hydrogen-bond donors (Lipinski definition) is 0. The van der Waals surface area contributed by atoms with Crippen molar-refractivity contribution in [3.63, 3.8) is 0 Å². The molecular weight excluding hydrogens is 703 g/mol. The van der Waals surface area contributed by atoms with E-state index in [9.17, 15) is 0 Å². The average Bonchev–Trinajstić information content (AvgIpc) is 3.82. The quantitative estimate of drug-likeness (QED) is 0.164. The van der Waals surface area contributed by atoms with Crippen LogP contribution in [0.2, 0.25) is 0 Å². The first-order chi connectivity index (χ1) is 27.3. The number of thiophene rings is 2. The first-order valence-corrected chi connectivity index (χ1v) is 20.3. The number of hydrogen-bond acceptors (Lipinski definition) is 3. The summed E-state index contributed by atoms with van der Waals surface area (Å²) < 4.78 is 5.24.